The number of ether oxygens (including phenoxy) is 5. The van der Waals surface area contributed by atoms with Crippen LogP contribution >= 0.6 is 0 Å². The van der Waals surface area contributed by atoms with Crippen LogP contribution in [0.25, 0.3) is 0 Å². The molecule has 0 unspecified atom stereocenters. The number of anilines is 1. The zero-order chi connectivity index (χ0) is 23.1. The topological polar surface area (TPSA) is 164 Å². The first-order valence-electron chi connectivity index (χ1n) is 9.12. The van der Waals surface area contributed by atoms with Gasteiger partial charge in [-0.15, -0.1) is 0 Å². The molecule has 0 radical (unpaired) electrons. The average molecular weight is 468 g/mol. The van der Waals surface area contributed by atoms with Crippen LogP contribution in [0.3, 0.4) is 0 Å². The SMILES string of the molecule is COC(=O)c1ccccc1S(=O)(=O)NC(=O)Nc1nc(OC)cc(OCC2OCCO2)n1. The summed E-state index contributed by atoms with van der Waals surface area (Å²) in [7, 11) is -1.98. The van der Waals surface area contributed by atoms with Crippen molar-refractivity contribution in [2.24, 2.45) is 0 Å². The van der Waals surface area contributed by atoms with Crippen LogP contribution < -0.4 is 19.5 Å². The van der Waals surface area contributed by atoms with Gasteiger partial charge in [0, 0.05) is 0 Å². The lowest BCUT2D eigenvalue weighted by molar-refractivity contribution is -0.0692. The smallest absolute Gasteiger partial charge is 0.339 e. The molecule has 0 atom stereocenters. The third-order valence-corrected chi connectivity index (χ3v) is 5.37. The first-order chi connectivity index (χ1) is 15.3. The van der Waals surface area contributed by atoms with E-state index in [-0.39, 0.29) is 29.9 Å². The average Bonchev–Trinajstić information content (AvgIpc) is 3.30. The highest BCUT2D eigenvalue weighted by molar-refractivity contribution is 7.90. The summed E-state index contributed by atoms with van der Waals surface area (Å²) in [6.45, 7) is 0.924. The number of sulfonamides is 1. The van der Waals surface area contributed by atoms with Gasteiger partial charge in [-0.25, -0.2) is 22.7 Å². The molecule has 172 valence electrons. The standard InChI is InChI=1S/C18H20N4O9S/c1-27-13-9-14(31-10-15-29-7-8-30-15)20-17(19-13)21-18(24)22-32(25,26)12-6-4-3-5-11(12)16(23)28-2/h3-6,9,15H,7-8,10H2,1-2H3,(H2,19,20,21,22,24). The number of rotatable bonds is 8. The van der Waals surface area contributed by atoms with Crippen molar-refractivity contribution in [3.63, 3.8) is 0 Å². The normalized spacial score (nSPS) is 13.9. The highest BCUT2D eigenvalue weighted by Crippen LogP contribution is 2.20. The number of nitrogens with one attached hydrogen (secondary N) is 2. The summed E-state index contributed by atoms with van der Waals surface area (Å²) in [5, 5.41) is 2.18. The molecule has 0 aliphatic carbocycles. The molecule has 1 aromatic heterocycles. The van der Waals surface area contributed by atoms with E-state index in [9.17, 15) is 18.0 Å². The van der Waals surface area contributed by atoms with Gasteiger partial charge in [0.2, 0.25) is 17.7 Å². The number of carbonyl (C=O) groups is 2. The number of methoxy groups -OCH3 is 2. The summed E-state index contributed by atoms with van der Waals surface area (Å²) in [6, 6.07) is 5.45. The second-order valence-corrected chi connectivity index (χ2v) is 7.75. The van der Waals surface area contributed by atoms with Crippen LogP contribution in [0.2, 0.25) is 0 Å². The van der Waals surface area contributed by atoms with Crippen molar-refractivity contribution in [2.75, 3.05) is 39.4 Å². The van der Waals surface area contributed by atoms with E-state index < -0.39 is 33.2 Å². The Labute approximate surface area is 183 Å². The largest absolute Gasteiger partial charge is 0.481 e. The number of hydrogen-bond acceptors (Lipinski definition) is 11. The van der Waals surface area contributed by atoms with Crippen LogP contribution in [-0.2, 0) is 24.2 Å². The number of esters is 1. The number of urea groups is 1. The van der Waals surface area contributed by atoms with E-state index in [2.05, 4.69) is 20.0 Å². The predicted octanol–water partition coefficient (Wildman–Crippen LogP) is 0.534. The first kappa shape index (κ1) is 23.2. The fourth-order valence-corrected chi connectivity index (χ4v) is 3.68. The van der Waals surface area contributed by atoms with E-state index in [4.69, 9.17) is 18.9 Å². The van der Waals surface area contributed by atoms with Crippen LogP contribution in [0, 0.1) is 0 Å². The van der Waals surface area contributed by atoms with Crippen molar-refractivity contribution >= 4 is 28.0 Å². The van der Waals surface area contributed by atoms with Crippen LogP contribution in [0.4, 0.5) is 10.7 Å². The zero-order valence-corrected chi connectivity index (χ0v) is 17.9. The number of benzene rings is 1. The Balaban J connectivity index is 1.72. The molecule has 2 heterocycles. The van der Waals surface area contributed by atoms with Crippen LogP contribution in [0.5, 0.6) is 11.8 Å². The van der Waals surface area contributed by atoms with E-state index in [0.717, 1.165) is 13.2 Å². The molecule has 2 N–H and O–H groups in total. The van der Waals surface area contributed by atoms with Gasteiger partial charge >= 0.3 is 12.0 Å². The Kier molecular flexibility index (Phi) is 7.40. The molecule has 3 rings (SSSR count). The fourth-order valence-electron chi connectivity index (χ4n) is 2.58. The predicted molar refractivity (Wildman–Crippen MR) is 107 cm³/mol. The van der Waals surface area contributed by atoms with Gasteiger partial charge in [0.15, 0.2) is 6.29 Å². The molecule has 13 nitrogen and oxygen atoms in total. The van der Waals surface area contributed by atoms with Gasteiger partial charge < -0.3 is 23.7 Å². The first-order valence-corrected chi connectivity index (χ1v) is 10.6. The summed E-state index contributed by atoms with van der Waals surface area (Å²) in [5.41, 5.74) is -0.236. The second kappa shape index (κ2) is 10.2. The molecule has 1 fully saturated rings. The Morgan fingerprint density at radius 1 is 1.12 bits per heavy atom. The highest BCUT2D eigenvalue weighted by atomic mass is 32.2. The van der Waals surface area contributed by atoms with Gasteiger partial charge in [-0.3, -0.25) is 5.32 Å². The second-order valence-electron chi connectivity index (χ2n) is 6.10. The van der Waals surface area contributed by atoms with E-state index in [1.54, 1.807) is 4.72 Å². The number of aromatic nitrogens is 2. The summed E-state index contributed by atoms with van der Waals surface area (Å²) in [4.78, 5) is 31.6. The number of hydrogen-bond donors (Lipinski definition) is 2. The molecule has 0 saturated carbocycles. The molecule has 2 aromatic rings. The minimum absolute atomic E-state index is 0.0322. The van der Waals surface area contributed by atoms with Crippen LogP contribution in [0.15, 0.2) is 35.2 Å². The molecule has 32 heavy (non-hydrogen) atoms. The fraction of sp³-hybridized carbons (Fsp3) is 0.333. The molecule has 1 aliphatic rings. The monoisotopic (exact) mass is 468 g/mol. The lowest BCUT2D eigenvalue weighted by Crippen LogP contribution is -2.35. The Morgan fingerprint density at radius 2 is 1.81 bits per heavy atom. The van der Waals surface area contributed by atoms with Crippen molar-refractivity contribution in [2.45, 2.75) is 11.2 Å². The zero-order valence-electron chi connectivity index (χ0n) is 17.1. The van der Waals surface area contributed by atoms with Crippen LogP contribution in [-0.4, -0.2) is 70.7 Å². The third kappa shape index (κ3) is 5.81. The van der Waals surface area contributed by atoms with Gasteiger partial charge in [0.25, 0.3) is 10.0 Å². The minimum Gasteiger partial charge on any atom is -0.481 e. The van der Waals surface area contributed by atoms with E-state index >= 15 is 0 Å². The summed E-state index contributed by atoms with van der Waals surface area (Å²) in [6.07, 6.45) is -0.560. The maximum Gasteiger partial charge on any atom is 0.339 e. The van der Waals surface area contributed by atoms with Gasteiger partial charge in [-0.1, -0.05) is 12.1 Å². The van der Waals surface area contributed by atoms with Gasteiger partial charge in [0.1, 0.15) is 11.5 Å². The molecule has 1 aromatic carbocycles. The lowest BCUT2D eigenvalue weighted by atomic mass is 10.2. The maximum absolute atomic E-state index is 12.6. The molecule has 2 amide bonds. The third-order valence-electron chi connectivity index (χ3n) is 3.98. The summed E-state index contributed by atoms with van der Waals surface area (Å²) < 4.78 is 52.6. The Hall–Kier alpha value is -3.49. The number of carbonyl (C=O) groups excluding carboxylic acids is 2. The molecule has 1 saturated heterocycles. The molecule has 1 aliphatic heterocycles. The van der Waals surface area contributed by atoms with Crippen LogP contribution in [0.1, 0.15) is 10.4 Å². The minimum atomic E-state index is -4.43. The van der Waals surface area contributed by atoms with Crippen molar-refractivity contribution in [1.82, 2.24) is 14.7 Å². The van der Waals surface area contributed by atoms with Crippen molar-refractivity contribution in [1.29, 1.82) is 0 Å². The van der Waals surface area contributed by atoms with Crippen molar-refractivity contribution < 1.29 is 41.7 Å². The van der Waals surface area contributed by atoms with E-state index in [0.29, 0.717) is 13.2 Å². The van der Waals surface area contributed by atoms with E-state index in [1.807, 2.05) is 0 Å². The molecule has 0 spiro atoms. The maximum atomic E-state index is 12.6. The van der Waals surface area contributed by atoms with Gasteiger partial charge in [-0.2, -0.15) is 9.97 Å². The Morgan fingerprint density at radius 3 is 2.50 bits per heavy atom. The number of nitrogens with zero attached hydrogens (tertiary/aromatic N) is 2. The van der Waals surface area contributed by atoms with E-state index in [1.165, 1.54) is 31.4 Å². The van der Waals surface area contributed by atoms with Gasteiger partial charge in [0.05, 0.1) is 39.1 Å². The van der Waals surface area contributed by atoms with Gasteiger partial charge in [-0.05, 0) is 12.1 Å². The quantitative estimate of drug-likeness (QED) is 0.519. The summed E-state index contributed by atoms with van der Waals surface area (Å²) in [5.74, 6) is -1.08. The molecular formula is C18H20N4O9S. The lowest BCUT2D eigenvalue weighted by Gasteiger charge is -2.13. The Bertz CT molecular complexity index is 1090. The highest BCUT2D eigenvalue weighted by Gasteiger charge is 2.25. The number of amides is 2. The van der Waals surface area contributed by atoms with Crippen molar-refractivity contribution in [3.8, 4) is 11.8 Å². The molecule has 14 heteroatoms. The molecular weight excluding hydrogens is 448 g/mol. The molecule has 0 bridgehead atoms. The summed E-state index contributed by atoms with van der Waals surface area (Å²) >= 11 is 0. The van der Waals surface area contributed by atoms with Crippen molar-refractivity contribution in [3.05, 3.63) is 35.9 Å².